The number of methoxy groups -OCH3 is 2. The summed E-state index contributed by atoms with van der Waals surface area (Å²) in [6.07, 6.45) is 7.40. The molecular formula is C26H39FO2Sn. The summed E-state index contributed by atoms with van der Waals surface area (Å²) in [5.41, 5.74) is 1.52. The van der Waals surface area contributed by atoms with Crippen LogP contribution in [0.15, 0.2) is 36.4 Å². The number of rotatable bonds is 13. The van der Waals surface area contributed by atoms with Gasteiger partial charge in [-0.2, -0.15) is 0 Å². The van der Waals surface area contributed by atoms with Crippen LogP contribution in [-0.4, -0.2) is 32.6 Å². The fraction of sp³-hybridized carbons (Fsp3) is 0.538. The number of benzene rings is 2. The van der Waals surface area contributed by atoms with Crippen LogP contribution in [0, 0.1) is 5.82 Å². The van der Waals surface area contributed by atoms with Crippen LogP contribution in [0.2, 0.25) is 13.3 Å². The van der Waals surface area contributed by atoms with Crippen molar-refractivity contribution in [3.05, 3.63) is 42.2 Å². The second-order valence-corrected chi connectivity index (χ2v) is 21.4. The number of halogens is 1. The van der Waals surface area contributed by atoms with E-state index in [1.807, 2.05) is 12.1 Å². The Morgan fingerprint density at radius 3 is 1.63 bits per heavy atom. The average Bonchev–Trinajstić information content (AvgIpc) is 2.78. The van der Waals surface area contributed by atoms with E-state index in [0.29, 0.717) is 11.3 Å². The van der Waals surface area contributed by atoms with Gasteiger partial charge in [-0.25, -0.2) is 0 Å². The van der Waals surface area contributed by atoms with Crippen molar-refractivity contribution in [3.8, 4) is 22.6 Å². The summed E-state index contributed by atoms with van der Waals surface area (Å²) in [6, 6.07) is 11.5. The molecule has 0 N–H and O–H groups in total. The van der Waals surface area contributed by atoms with Crippen molar-refractivity contribution in [2.45, 2.75) is 72.6 Å². The van der Waals surface area contributed by atoms with Crippen molar-refractivity contribution in [2.75, 3.05) is 14.2 Å². The van der Waals surface area contributed by atoms with E-state index in [1.54, 1.807) is 20.3 Å². The van der Waals surface area contributed by atoms with E-state index in [2.05, 4.69) is 32.9 Å². The molecule has 0 aliphatic rings. The molecule has 0 fully saturated rings. The summed E-state index contributed by atoms with van der Waals surface area (Å²) in [5.74, 6) is 1.12. The Morgan fingerprint density at radius 1 is 0.700 bits per heavy atom. The van der Waals surface area contributed by atoms with Gasteiger partial charge < -0.3 is 0 Å². The van der Waals surface area contributed by atoms with E-state index in [9.17, 15) is 0 Å². The average molecular weight is 521 g/mol. The number of hydrogen-bond donors (Lipinski definition) is 0. The Balaban J connectivity index is 2.82. The van der Waals surface area contributed by atoms with Crippen LogP contribution in [0.1, 0.15) is 59.3 Å². The van der Waals surface area contributed by atoms with Crippen molar-refractivity contribution in [2.24, 2.45) is 0 Å². The molecule has 0 atom stereocenters. The molecule has 30 heavy (non-hydrogen) atoms. The standard InChI is InChI=1S/C14H12FO2.3C4H9.Sn/c1-16-12-8-4-3-6-10(12)14-11(15)7-5-9-13(14)17-2;3*1-3-4-2;/h3-5,7-9H,1-2H3;3*1,3-4H2,2H3;. The summed E-state index contributed by atoms with van der Waals surface area (Å²) < 4.78 is 32.1. The molecule has 0 aliphatic carbocycles. The molecule has 2 aromatic carbocycles. The summed E-state index contributed by atoms with van der Waals surface area (Å²) in [6.45, 7) is 6.84. The van der Waals surface area contributed by atoms with Gasteiger partial charge in [0.25, 0.3) is 0 Å². The fourth-order valence-electron chi connectivity index (χ4n) is 4.64. The van der Waals surface area contributed by atoms with Crippen LogP contribution in [-0.2, 0) is 0 Å². The molecule has 0 bridgehead atoms. The molecule has 0 radical (unpaired) electrons. The van der Waals surface area contributed by atoms with Crippen LogP contribution in [0.5, 0.6) is 11.5 Å². The van der Waals surface area contributed by atoms with E-state index in [4.69, 9.17) is 9.47 Å². The molecular weight excluding hydrogens is 482 g/mol. The van der Waals surface area contributed by atoms with Gasteiger partial charge in [-0.1, -0.05) is 0 Å². The zero-order valence-electron chi connectivity index (χ0n) is 19.5. The van der Waals surface area contributed by atoms with Gasteiger partial charge in [0.05, 0.1) is 0 Å². The van der Waals surface area contributed by atoms with E-state index in [-0.39, 0.29) is 5.82 Å². The van der Waals surface area contributed by atoms with Gasteiger partial charge in [-0.05, 0) is 0 Å². The summed E-state index contributed by atoms with van der Waals surface area (Å²) >= 11 is -2.83. The van der Waals surface area contributed by atoms with Gasteiger partial charge in [-0.15, -0.1) is 0 Å². The Bertz CT molecular complexity index is 769. The first-order valence-corrected chi connectivity index (χ1v) is 19.1. The van der Waals surface area contributed by atoms with Gasteiger partial charge in [0.1, 0.15) is 0 Å². The molecule has 0 saturated carbocycles. The van der Waals surface area contributed by atoms with Crippen LogP contribution in [0.4, 0.5) is 4.39 Å². The molecule has 0 aromatic heterocycles. The Labute approximate surface area is 187 Å². The number of unbranched alkanes of at least 4 members (excludes halogenated alkanes) is 3. The summed E-state index contributed by atoms with van der Waals surface area (Å²) in [7, 11) is 3.31. The first-order valence-electron chi connectivity index (χ1n) is 11.6. The third kappa shape index (κ3) is 5.72. The second kappa shape index (κ2) is 12.6. The topological polar surface area (TPSA) is 18.5 Å². The minimum atomic E-state index is -2.83. The van der Waals surface area contributed by atoms with Gasteiger partial charge >= 0.3 is 187 Å². The number of hydrogen-bond acceptors (Lipinski definition) is 2. The molecule has 166 valence electrons. The molecule has 4 heteroatoms. The molecule has 0 amide bonds. The van der Waals surface area contributed by atoms with Crippen molar-refractivity contribution in [3.63, 3.8) is 0 Å². The third-order valence-corrected chi connectivity index (χ3v) is 22.0. The zero-order chi connectivity index (χ0) is 22.0. The number of ether oxygens (including phenoxy) is 2. The minimum absolute atomic E-state index is 0.234. The molecule has 0 spiro atoms. The first-order chi connectivity index (χ1) is 14.6. The monoisotopic (exact) mass is 522 g/mol. The van der Waals surface area contributed by atoms with Crippen molar-refractivity contribution in [1.82, 2.24) is 0 Å². The van der Waals surface area contributed by atoms with Crippen LogP contribution >= 0.6 is 0 Å². The molecule has 2 rings (SSSR count). The van der Waals surface area contributed by atoms with Crippen molar-refractivity contribution >= 4 is 22.0 Å². The molecule has 0 saturated heterocycles. The van der Waals surface area contributed by atoms with Gasteiger partial charge in [0.15, 0.2) is 0 Å². The van der Waals surface area contributed by atoms with Gasteiger partial charge in [0.2, 0.25) is 0 Å². The predicted octanol–water partition coefficient (Wildman–Crippen LogP) is 7.57. The Morgan fingerprint density at radius 2 is 1.17 bits per heavy atom. The predicted molar refractivity (Wildman–Crippen MR) is 129 cm³/mol. The third-order valence-electron chi connectivity index (χ3n) is 6.29. The van der Waals surface area contributed by atoms with Gasteiger partial charge in [-0.3, -0.25) is 0 Å². The Hall–Kier alpha value is -1.23. The maximum absolute atomic E-state index is 15.3. The first kappa shape index (κ1) is 25.0. The SMILES string of the molecule is CCC[CH2][Sn]([CH2]CCC)([CH2]CCC)[c]1cccc(OC)c1-c1c(F)cccc1OC. The van der Waals surface area contributed by atoms with E-state index in [0.717, 1.165) is 11.3 Å². The molecule has 0 unspecified atom stereocenters. The van der Waals surface area contributed by atoms with Crippen LogP contribution in [0.3, 0.4) is 0 Å². The van der Waals surface area contributed by atoms with E-state index in [1.165, 1.54) is 61.5 Å². The normalized spacial score (nSPS) is 11.5. The summed E-state index contributed by atoms with van der Waals surface area (Å²) in [5, 5.41) is 0. The van der Waals surface area contributed by atoms with Crippen molar-refractivity contribution < 1.29 is 13.9 Å². The molecule has 2 nitrogen and oxygen atoms in total. The van der Waals surface area contributed by atoms with Gasteiger partial charge in [0, 0.05) is 0 Å². The summed E-state index contributed by atoms with van der Waals surface area (Å²) in [4.78, 5) is 0. The second-order valence-electron chi connectivity index (χ2n) is 8.29. The molecule has 2 aromatic rings. The van der Waals surface area contributed by atoms with Crippen LogP contribution in [0.25, 0.3) is 11.1 Å². The molecule has 0 heterocycles. The maximum atomic E-state index is 15.3. The molecule has 0 aliphatic heterocycles. The van der Waals surface area contributed by atoms with E-state index < -0.39 is 18.4 Å². The fourth-order valence-corrected chi connectivity index (χ4v) is 21.4. The quantitative estimate of drug-likeness (QED) is 0.253. The van der Waals surface area contributed by atoms with E-state index >= 15 is 4.39 Å². The van der Waals surface area contributed by atoms with Crippen LogP contribution < -0.4 is 13.1 Å². The zero-order valence-corrected chi connectivity index (χ0v) is 22.4. The Kier molecular flexibility index (Phi) is 10.5. The van der Waals surface area contributed by atoms with Crippen molar-refractivity contribution in [1.29, 1.82) is 0 Å².